The average Bonchev–Trinajstić information content (AvgIpc) is 2.73. The van der Waals surface area contributed by atoms with Gasteiger partial charge in [0, 0.05) is 32.3 Å². The minimum atomic E-state index is -0.0154. The zero-order valence-corrected chi connectivity index (χ0v) is 15.3. The molecule has 0 radical (unpaired) electrons. The fourth-order valence-corrected chi connectivity index (χ4v) is 2.94. The van der Waals surface area contributed by atoms with Crippen molar-refractivity contribution < 1.29 is 14.3 Å². The van der Waals surface area contributed by atoms with Gasteiger partial charge in [-0.2, -0.15) is 0 Å². The van der Waals surface area contributed by atoms with Crippen molar-refractivity contribution in [3.05, 3.63) is 72.3 Å². The summed E-state index contributed by atoms with van der Waals surface area (Å²) in [6, 6.07) is 19.2. The normalized spacial score (nSPS) is 14.4. The van der Waals surface area contributed by atoms with Gasteiger partial charge in [0.25, 0.3) is 0 Å². The standard InChI is InChI=1S/C22H24N2O3/c25-21(12-11-19-7-3-1-4-8-19)23-14-16-24(17-15-23)22(26)13-18-27-20-9-5-2-6-10-20/h1-12H,13-18H2/b12-11+. The van der Waals surface area contributed by atoms with E-state index in [2.05, 4.69) is 0 Å². The lowest BCUT2D eigenvalue weighted by Gasteiger charge is -2.34. The van der Waals surface area contributed by atoms with E-state index in [1.807, 2.05) is 66.7 Å². The van der Waals surface area contributed by atoms with Crippen LogP contribution in [0.4, 0.5) is 0 Å². The van der Waals surface area contributed by atoms with Gasteiger partial charge >= 0.3 is 0 Å². The highest BCUT2D eigenvalue weighted by molar-refractivity contribution is 5.92. The van der Waals surface area contributed by atoms with E-state index in [0.717, 1.165) is 11.3 Å². The third-order valence-corrected chi connectivity index (χ3v) is 4.49. The van der Waals surface area contributed by atoms with Gasteiger partial charge in [0.1, 0.15) is 5.75 Å². The van der Waals surface area contributed by atoms with E-state index in [-0.39, 0.29) is 11.8 Å². The molecule has 0 N–H and O–H groups in total. The molecule has 3 rings (SSSR count). The van der Waals surface area contributed by atoms with E-state index >= 15 is 0 Å². The van der Waals surface area contributed by atoms with Crippen molar-refractivity contribution in [3.63, 3.8) is 0 Å². The number of rotatable bonds is 6. The van der Waals surface area contributed by atoms with E-state index in [1.165, 1.54) is 0 Å². The Morgan fingerprint density at radius 3 is 2.11 bits per heavy atom. The molecule has 5 nitrogen and oxygen atoms in total. The summed E-state index contributed by atoms with van der Waals surface area (Å²) < 4.78 is 5.58. The van der Waals surface area contributed by atoms with Crippen LogP contribution in [0.15, 0.2) is 66.7 Å². The Balaban J connectivity index is 1.39. The van der Waals surface area contributed by atoms with Crippen LogP contribution in [0.2, 0.25) is 0 Å². The Kier molecular flexibility index (Phi) is 6.63. The molecular weight excluding hydrogens is 340 g/mol. The highest BCUT2D eigenvalue weighted by Gasteiger charge is 2.22. The van der Waals surface area contributed by atoms with Gasteiger partial charge in [0.05, 0.1) is 13.0 Å². The van der Waals surface area contributed by atoms with Gasteiger partial charge < -0.3 is 14.5 Å². The lowest BCUT2D eigenvalue weighted by molar-refractivity contribution is -0.137. The summed E-state index contributed by atoms with van der Waals surface area (Å²) in [5, 5.41) is 0. The van der Waals surface area contributed by atoms with Crippen molar-refractivity contribution in [2.75, 3.05) is 32.8 Å². The molecule has 1 heterocycles. The zero-order chi connectivity index (χ0) is 18.9. The van der Waals surface area contributed by atoms with Gasteiger partial charge in [-0.15, -0.1) is 0 Å². The minimum absolute atomic E-state index is 0.0154. The van der Waals surface area contributed by atoms with Crippen LogP contribution in [0.5, 0.6) is 5.75 Å². The van der Waals surface area contributed by atoms with Gasteiger partial charge in [-0.25, -0.2) is 0 Å². The third kappa shape index (κ3) is 5.71. The summed E-state index contributed by atoms with van der Waals surface area (Å²) in [4.78, 5) is 28.2. The zero-order valence-electron chi connectivity index (χ0n) is 15.3. The molecule has 140 valence electrons. The van der Waals surface area contributed by atoms with E-state index in [0.29, 0.717) is 39.2 Å². The van der Waals surface area contributed by atoms with Crippen LogP contribution in [-0.4, -0.2) is 54.4 Å². The monoisotopic (exact) mass is 364 g/mol. The molecule has 2 aromatic rings. The van der Waals surface area contributed by atoms with Crippen molar-refractivity contribution in [3.8, 4) is 5.75 Å². The maximum Gasteiger partial charge on any atom is 0.246 e. The molecule has 0 atom stereocenters. The second-order valence-corrected chi connectivity index (χ2v) is 6.36. The lowest BCUT2D eigenvalue weighted by atomic mass is 10.2. The molecule has 1 aliphatic heterocycles. The minimum Gasteiger partial charge on any atom is -0.493 e. The number of carbonyl (C=O) groups excluding carboxylic acids is 2. The molecule has 0 aromatic heterocycles. The predicted octanol–water partition coefficient (Wildman–Crippen LogP) is 2.84. The molecular formula is C22H24N2O3. The third-order valence-electron chi connectivity index (χ3n) is 4.49. The van der Waals surface area contributed by atoms with Crippen molar-refractivity contribution >= 4 is 17.9 Å². The highest BCUT2D eigenvalue weighted by Crippen LogP contribution is 2.10. The maximum absolute atomic E-state index is 12.3. The summed E-state index contributed by atoms with van der Waals surface area (Å²) in [6.07, 6.45) is 3.76. The fourth-order valence-electron chi connectivity index (χ4n) is 2.94. The number of nitrogens with zero attached hydrogens (tertiary/aromatic N) is 2. The molecule has 2 amide bonds. The smallest absolute Gasteiger partial charge is 0.246 e. The molecule has 0 saturated carbocycles. The second-order valence-electron chi connectivity index (χ2n) is 6.36. The van der Waals surface area contributed by atoms with E-state index in [4.69, 9.17) is 4.74 Å². The summed E-state index contributed by atoms with van der Waals surface area (Å²) in [5.41, 5.74) is 0.998. The van der Waals surface area contributed by atoms with Crippen LogP contribution in [0.25, 0.3) is 6.08 Å². The second kappa shape index (κ2) is 9.57. The van der Waals surface area contributed by atoms with Crippen LogP contribution < -0.4 is 4.74 Å². The van der Waals surface area contributed by atoms with Crippen molar-refractivity contribution in [1.82, 2.24) is 9.80 Å². The topological polar surface area (TPSA) is 49.9 Å². The maximum atomic E-state index is 12.3. The van der Waals surface area contributed by atoms with Crippen molar-refractivity contribution in [2.24, 2.45) is 0 Å². The van der Waals surface area contributed by atoms with Gasteiger partial charge in [0.15, 0.2) is 0 Å². The number of ether oxygens (including phenoxy) is 1. The Labute approximate surface area is 159 Å². The van der Waals surface area contributed by atoms with Gasteiger partial charge in [0.2, 0.25) is 11.8 Å². The van der Waals surface area contributed by atoms with Crippen molar-refractivity contribution in [1.29, 1.82) is 0 Å². The number of carbonyl (C=O) groups is 2. The van der Waals surface area contributed by atoms with E-state index in [9.17, 15) is 9.59 Å². The first-order valence-electron chi connectivity index (χ1n) is 9.20. The Morgan fingerprint density at radius 2 is 1.44 bits per heavy atom. The Hall–Kier alpha value is -3.08. The average molecular weight is 364 g/mol. The van der Waals surface area contributed by atoms with Crippen LogP contribution in [0, 0.1) is 0 Å². The van der Waals surface area contributed by atoms with Crippen LogP contribution in [0.1, 0.15) is 12.0 Å². The van der Waals surface area contributed by atoms with Gasteiger partial charge in [-0.05, 0) is 23.8 Å². The number of para-hydroxylation sites is 1. The summed E-state index contributed by atoms with van der Waals surface area (Å²) in [6.45, 7) is 2.61. The molecule has 0 unspecified atom stereocenters. The predicted molar refractivity (Wildman–Crippen MR) is 105 cm³/mol. The number of hydrogen-bond acceptors (Lipinski definition) is 3. The molecule has 1 fully saturated rings. The quantitative estimate of drug-likeness (QED) is 0.741. The van der Waals surface area contributed by atoms with Crippen LogP contribution >= 0.6 is 0 Å². The first-order valence-corrected chi connectivity index (χ1v) is 9.20. The van der Waals surface area contributed by atoms with Gasteiger partial charge in [-0.1, -0.05) is 48.5 Å². The number of hydrogen-bond donors (Lipinski definition) is 0. The number of benzene rings is 2. The van der Waals surface area contributed by atoms with Crippen molar-refractivity contribution in [2.45, 2.75) is 6.42 Å². The summed E-state index contributed by atoms with van der Waals surface area (Å²) >= 11 is 0. The SMILES string of the molecule is O=C(/C=C/c1ccccc1)N1CCN(C(=O)CCOc2ccccc2)CC1. The van der Waals surface area contributed by atoms with E-state index in [1.54, 1.807) is 15.9 Å². The molecule has 0 bridgehead atoms. The largest absolute Gasteiger partial charge is 0.493 e. The Morgan fingerprint density at radius 1 is 0.852 bits per heavy atom. The summed E-state index contributed by atoms with van der Waals surface area (Å²) in [5.74, 6) is 0.821. The van der Waals surface area contributed by atoms with Crippen LogP contribution in [0.3, 0.4) is 0 Å². The number of amides is 2. The molecule has 27 heavy (non-hydrogen) atoms. The highest BCUT2D eigenvalue weighted by atomic mass is 16.5. The summed E-state index contributed by atoms with van der Waals surface area (Å²) in [7, 11) is 0. The Bertz CT molecular complexity index is 767. The molecule has 1 aliphatic rings. The van der Waals surface area contributed by atoms with Crippen LogP contribution in [-0.2, 0) is 9.59 Å². The fraction of sp³-hybridized carbons (Fsp3) is 0.273. The molecule has 0 aliphatic carbocycles. The molecule has 5 heteroatoms. The first-order chi connectivity index (χ1) is 13.2. The number of piperazine rings is 1. The van der Waals surface area contributed by atoms with E-state index < -0.39 is 0 Å². The molecule has 0 spiro atoms. The molecule has 2 aromatic carbocycles. The van der Waals surface area contributed by atoms with Gasteiger partial charge in [-0.3, -0.25) is 9.59 Å². The lowest BCUT2D eigenvalue weighted by Crippen LogP contribution is -2.50. The molecule has 1 saturated heterocycles. The first kappa shape index (κ1) is 18.7.